The second-order valence-electron chi connectivity index (χ2n) is 12.1. The molecule has 1 N–H and O–H groups in total. The third-order valence-corrected chi connectivity index (χ3v) is 6.61. The highest BCUT2D eigenvalue weighted by atomic mass is 16.6. The number of fused-ring (bicyclic) bond motifs is 2. The van der Waals surface area contributed by atoms with Crippen molar-refractivity contribution in [2.24, 2.45) is 0 Å². The van der Waals surface area contributed by atoms with E-state index in [1.807, 2.05) is 20.8 Å². The fraction of sp³-hybridized carbons (Fsp3) is 0.536. The summed E-state index contributed by atoms with van der Waals surface area (Å²) in [5, 5.41) is 21.0. The standard InChI is InChI=1S/C28H37N7O5/c1-27(2,3)39-24-23-29-15-21(34(23)32-25(31-24)38-16-17-10-9-13-33(17)7)22(36)18-11-8-12-20-19(18)14-30-35(20)26(37)40-28(4,5)6/h8,11-12,14-15,17,22,36H,9-10,13,16H2,1-7H3. The first kappa shape index (κ1) is 27.8. The molecule has 3 aromatic heterocycles. The molecule has 1 aliphatic heterocycles. The zero-order valence-electron chi connectivity index (χ0n) is 24.1. The smallest absolute Gasteiger partial charge is 0.435 e. The number of carbonyl (C=O) groups is 1. The molecule has 1 aromatic carbocycles. The Kier molecular flexibility index (Phi) is 7.17. The van der Waals surface area contributed by atoms with Gasteiger partial charge in [-0.3, -0.25) is 0 Å². The highest BCUT2D eigenvalue weighted by Gasteiger charge is 2.27. The topological polar surface area (TPSA) is 129 Å². The second kappa shape index (κ2) is 10.3. The van der Waals surface area contributed by atoms with Crippen LogP contribution in [-0.4, -0.2) is 82.9 Å². The molecule has 0 amide bonds. The number of likely N-dealkylation sites (N-methyl/N-ethyl adjacent to an activating group) is 1. The van der Waals surface area contributed by atoms with Crippen LogP contribution in [0.5, 0.6) is 11.9 Å². The maximum absolute atomic E-state index is 12.7. The van der Waals surface area contributed by atoms with Gasteiger partial charge in [-0.2, -0.15) is 14.8 Å². The lowest BCUT2D eigenvalue weighted by molar-refractivity contribution is 0.0522. The van der Waals surface area contributed by atoms with E-state index in [2.05, 4.69) is 32.1 Å². The summed E-state index contributed by atoms with van der Waals surface area (Å²) in [5.41, 5.74) is 0.548. The van der Waals surface area contributed by atoms with Crippen molar-refractivity contribution >= 4 is 22.6 Å². The van der Waals surface area contributed by atoms with E-state index in [9.17, 15) is 9.90 Å². The first-order valence-electron chi connectivity index (χ1n) is 13.5. The predicted octanol–water partition coefficient (Wildman–Crippen LogP) is 3.99. The zero-order chi connectivity index (χ0) is 28.8. The van der Waals surface area contributed by atoms with E-state index in [1.165, 1.54) is 21.6 Å². The summed E-state index contributed by atoms with van der Waals surface area (Å²) in [5.74, 6) is 0.256. The monoisotopic (exact) mass is 551 g/mol. The predicted molar refractivity (Wildman–Crippen MR) is 148 cm³/mol. The number of aliphatic hydroxyl groups is 1. The summed E-state index contributed by atoms with van der Waals surface area (Å²) in [7, 11) is 2.08. The Morgan fingerprint density at radius 2 is 1.93 bits per heavy atom. The molecule has 40 heavy (non-hydrogen) atoms. The molecule has 1 fully saturated rings. The number of likely N-dealkylation sites (tertiary alicyclic amines) is 1. The molecule has 1 aliphatic rings. The van der Waals surface area contributed by atoms with Crippen molar-refractivity contribution in [3.8, 4) is 11.9 Å². The van der Waals surface area contributed by atoms with Gasteiger partial charge in [0.2, 0.25) is 5.65 Å². The molecule has 214 valence electrons. The highest BCUT2D eigenvalue weighted by molar-refractivity contribution is 5.90. The number of rotatable bonds is 6. The molecule has 2 atom stereocenters. The maximum atomic E-state index is 12.7. The summed E-state index contributed by atoms with van der Waals surface area (Å²) in [6.45, 7) is 12.6. The first-order chi connectivity index (χ1) is 18.8. The molecule has 0 saturated carbocycles. The summed E-state index contributed by atoms with van der Waals surface area (Å²) in [6, 6.07) is 5.69. The number of aliphatic hydroxyl groups excluding tert-OH is 1. The van der Waals surface area contributed by atoms with E-state index in [1.54, 1.807) is 39.0 Å². The summed E-state index contributed by atoms with van der Waals surface area (Å²) in [4.78, 5) is 24.0. The lowest BCUT2D eigenvalue weighted by Gasteiger charge is -2.22. The zero-order valence-corrected chi connectivity index (χ0v) is 24.1. The molecular formula is C28H37N7O5. The number of benzene rings is 1. The van der Waals surface area contributed by atoms with E-state index >= 15 is 0 Å². The van der Waals surface area contributed by atoms with Crippen LogP contribution >= 0.6 is 0 Å². The van der Waals surface area contributed by atoms with Crippen LogP contribution in [0.1, 0.15) is 71.7 Å². The number of hydrogen-bond donors (Lipinski definition) is 1. The van der Waals surface area contributed by atoms with Crippen LogP contribution in [0.25, 0.3) is 16.6 Å². The number of aromatic nitrogens is 6. The third kappa shape index (κ3) is 5.73. The molecule has 4 aromatic rings. The average Bonchev–Trinajstić information content (AvgIpc) is 3.58. The fourth-order valence-corrected chi connectivity index (χ4v) is 4.74. The third-order valence-electron chi connectivity index (χ3n) is 6.61. The first-order valence-corrected chi connectivity index (χ1v) is 13.5. The van der Waals surface area contributed by atoms with E-state index in [4.69, 9.17) is 14.2 Å². The van der Waals surface area contributed by atoms with Gasteiger partial charge in [0.25, 0.3) is 5.88 Å². The summed E-state index contributed by atoms with van der Waals surface area (Å²) >= 11 is 0. The highest BCUT2D eigenvalue weighted by Crippen LogP contribution is 2.32. The normalized spacial score (nSPS) is 17.4. The average molecular weight is 552 g/mol. The Bertz CT molecular complexity index is 1530. The van der Waals surface area contributed by atoms with Crippen LogP contribution < -0.4 is 9.47 Å². The van der Waals surface area contributed by atoms with Crippen LogP contribution in [0.2, 0.25) is 0 Å². The minimum atomic E-state index is -1.15. The van der Waals surface area contributed by atoms with Crippen molar-refractivity contribution in [3.05, 3.63) is 41.9 Å². The lowest BCUT2D eigenvalue weighted by atomic mass is 10.0. The van der Waals surface area contributed by atoms with Gasteiger partial charge in [-0.1, -0.05) is 12.1 Å². The van der Waals surface area contributed by atoms with Gasteiger partial charge < -0.3 is 24.2 Å². The molecule has 2 unspecified atom stereocenters. The fourth-order valence-electron chi connectivity index (χ4n) is 4.74. The number of hydrogen-bond acceptors (Lipinski definition) is 10. The van der Waals surface area contributed by atoms with E-state index in [0.717, 1.165) is 19.4 Å². The van der Waals surface area contributed by atoms with Crippen molar-refractivity contribution in [3.63, 3.8) is 0 Å². The van der Waals surface area contributed by atoms with E-state index in [-0.39, 0.29) is 17.9 Å². The second-order valence-corrected chi connectivity index (χ2v) is 12.1. The Morgan fingerprint density at radius 3 is 2.60 bits per heavy atom. The minimum Gasteiger partial charge on any atom is -0.469 e. The molecular weight excluding hydrogens is 514 g/mol. The van der Waals surface area contributed by atoms with Crippen molar-refractivity contribution < 1.29 is 24.1 Å². The van der Waals surface area contributed by atoms with Crippen LogP contribution in [0.4, 0.5) is 4.79 Å². The van der Waals surface area contributed by atoms with Crippen LogP contribution in [-0.2, 0) is 4.74 Å². The Labute approximate surface area is 232 Å². The van der Waals surface area contributed by atoms with Crippen molar-refractivity contribution in [1.29, 1.82) is 0 Å². The molecule has 12 nitrogen and oxygen atoms in total. The van der Waals surface area contributed by atoms with Gasteiger partial charge in [-0.25, -0.2) is 14.3 Å². The Morgan fingerprint density at radius 1 is 1.15 bits per heavy atom. The van der Waals surface area contributed by atoms with Gasteiger partial charge in [0.15, 0.2) is 0 Å². The summed E-state index contributed by atoms with van der Waals surface area (Å²) < 4.78 is 20.3. The Balaban J connectivity index is 1.53. The molecule has 0 aliphatic carbocycles. The SMILES string of the molecule is CN1CCCC1COc1nc(OC(C)(C)C)c2ncc(C(O)c3cccc4c3cnn4C(=O)OC(C)(C)C)n2n1. The van der Waals surface area contributed by atoms with Crippen molar-refractivity contribution in [1.82, 2.24) is 34.3 Å². The van der Waals surface area contributed by atoms with Crippen LogP contribution in [0.3, 0.4) is 0 Å². The van der Waals surface area contributed by atoms with Gasteiger partial charge in [-0.15, -0.1) is 5.10 Å². The number of imidazole rings is 1. The molecule has 0 radical (unpaired) electrons. The van der Waals surface area contributed by atoms with E-state index < -0.39 is 23.4 Å². The molecule has 1 saturated heterocycles. The number of carbonyl (C=O) groups excluding carboxylic acids is 1. The van der Waals surface area contributed by atoms with Gasteiger partial charge in [0.1, 0.15) is 23.9 Å². The largest absolute Gasteiger partial charge is 0.469 e. The Hall–Kier alpha value is -3.77. The van der Waals surface area contributed by atoms with Crippen molar-refractivity contribution in [2.45, 2.75) is 77.7 Å². The van der Waals surface area contributed by atoms with Crippen LogP contribution in [0.15, 0.2) is 30.6 Å². The van der Waals surface area contributed by atoms with Gasteiger partial charge >= 0.3 is 12.1 Å². The molecule has 5 rings (SSSR count). The lowest BCUT2D eigenvalue weighted by Crippen LogP contribution is -2.31. The van der Waals surface area contributed by atoms with Gasteiger partial charge in [0, 0.05) is 11.4 Å². The van der Waals surface area contributed by atoms with Crippen molar-refractivity contribution in [2.75, 3.05) is 20.2 Å². The minimum absolute atomic E-state index is 0.134. The molecule has 0 spiro atoms. The quantitative estimate of drug-likeness (QED) is 0.375. The molecule has 0 bridgehead atoms. The van der Waals surface area contributed by atoms with Gasteiger partial charge in [0.05, 0.1) is 23.6 Å². The molecule has 12 heteroatoms. The molecule has 4 heterocycles. The maximum Gasteiger partial charge on any atom is 0.435 e. The van der Waals surface area contributed by atoms with Gasteiger partial charge in [-0.05, 0) is 79.6 Å². The number of nitrogens with zero attached hydrogens (tertiary/aromatic N) is 7. The van der Waals surface area contributed by atoms with E-state index in [0.29, 0.717) is 34.4 Å². The summed E-state index contributed by atoms with van der Waals surface area (Å²) in [6.07, 6.45) is 3.49. The van der Waals surface area contributed by atoms with Crippen LogP contribution in [0, 0.1) is 0 Å². The number of ether oxygens (including phenoxy) is 3.